The minimum Gasteiger partial charge on any atom is -0.462 e. The number of benzene rings is 1. The Balaban J connectivity index is 1.77. The molecule has 0 aliphatic carbocycles. The molecule has 1 aromatic carbocycles. The largest absolute Gasteiger partial charge is 0.462 e. The highest BCUT2D eigenvalue weighted by atomic mass is 32.1. The second-order valence-electron chi connectivity index (χ2n) is 4.91. The second kappa shape index (κ2) is 6.41. The maximum atomic E-state index is 12.0. The van der Waals surface area contributed by atoms with Crippen LogP contribution >= 0.6 is 11.3 Å². The minimum atomic E-state index is -0.387. The fourth-order valence-corrected chi connectivity index (χ4v) is 3.20. The van der Waals surface area contributed by atoms with E-state index in [1.807, 2.05) is 0 Å². The Kier molecular flexibility index (Phi) is 4.35. The van der Waals surface area contributed by atoms with Crippen LogP contribution in [0.4, 0.5) is 5.13 Å². The molecule has 1 amide bonds. The first kappa shape index (κ1) is 14.9. The van der Waals surface area contributed by atoms with E-state index >= 15 is 0 Å². The van der Waals surface area contributed by atoms with Crippen LogP contribution in [0.3, 0.4) is 0 Å². The number of aromatic nitrogens is 1. The average molecular weight is 320 g/mol. The van der Waals surface area contributed by atoms with Gasteiger partial charge in [0.2, 0.25) is 0 Å². The number of carbonyl (C=O) groups is 2. The fourth-order valence-electron chi connectivity index (χ4n) is 2.29. The zero-order chi connectivity index (χ0) is 15.5. The highest BCUT2D eigenvalue weighted by molar-refractivity contribution is 7.22. The SMILES string of the molecule is CCOC(=O)c1ccc2nc(NC(=O)[C@@H]3CCCO3)sc2c1. The minimum absolute atomic E-state index is 0.165. The van der Waals surface area contributed by atoms with Gasteiger partial charge in [0.1, 0.15) is 6.10 Å². The van der Waals surface area contributed by atoms with Crippen molar-refractivity contribution in [2.75, 3.05) is 18.5 Å². The molecule has 3 rings (SSSR count). The summed E-state index contributed by atoms with van der Waals surface area (Å²) in [7, 11) is 0. The van der Waals surface area contributed by atoms with Crippen LogP contribution in [0.2, 0.25) is 0 Å². The number of fused-ring (bicyclic) bond motifs is 1. The topological polar surface area (TPSA) is 77.5 Å². The molecule has 0 radical (unpaired) electrons. The Hall–Kier alpha value is -1.99. The molecule has 0 bridgehead atoms. The normalized spacial score (nSPS) is 17.6. The summed E-state index contributed by atoms with van der Waals surface area (Å²) >= 11 is 1.33. The van der Waals surface area contributed by atoms with Gasteiger partial charge in [-0.1, -0.05) is 11.3 Å². The third-order valence-electron chi connectivity index (χ3n) is 3.35. The van der Waals surface area contributed by atoms with Gasteiger partial charge < -0.3 is 9.47 Å². The van der Waals surface area contributed by atoms with Crippen LogP contribution in [-0.4, -0.2) is 36.2 Å². The molecule has 0 spiro atoms. The van der Waals surface area contributed by atoms with Crippen molar-refractivity contribution >= 4 is 38.6 Å². The lowest BCUT2D eigenvalue weighted by molar-refractivity contribution is -0.124. The summed E-state index contributed by atoms with van der Waals surface area (Å²) in [5.41, 5.74) is 1.22. The molecule has 22 heavy (non-hydrogen) atoms. The molecule has 1 aliphatic rings. The summed E-state index contributed by atoms with van der Waals surface area (Å²) in [6.07, 6.45) is 1.26. The first-order chi connectivity index (χ1) is 10.7. The number of hydrogen-bond acceptors (Lipinski definition) is 6. The number of ether oxygens (including phenoxy) is 2. The van der Waals surface area contributed by atoms with E-state index in [-0.39, 0.29) is 18.0 Å². The monoisotopic (exact) mass is 320 g/mol. The molecule has 2 heterocycles. The summed E-state index contributed by atoms with van der Waals surface area (Å²) in [5, 5.41) is 3.29. The highest BCUT2D eigenvalue weighted by Gasteiger charge is 2.24. The van der Waals surface area contributed by atoms with Gasteiger partial charge in [-0.2, -0.15) is 0 Å². The number of nitrogens with one attached hydrogen (secondary N) is 1. The van der Waals surface area contributed by atoms with Crippen LogP contribution in [0, 0.1) is 0 Å². The second-order valence-corrected chi connectivity index (χ2v) is 5.94. The third-order valence-corrected chi connectivity index (χ3v) is 4.29. The maximum absolute atomic E-state index is 12.0. The summed E-state index contributed by atoms with van der Waals surface area (Å²) < 4.78 is 11.1. The number of carbonyl (C=O) groups excluding carboxylic acids is 2. The van der Waals surface area contributed by atoms with E-state index in [4.69, 9.17) is 9.47 Å². The van der Waals surface area contributed by atoms with E-state index in [1.165, 1.54) is 11.3 Å². The number of amides is 1. The van der Waals surface area contributed by atoms with Gasteiger partial charge in [-0.05, 0) is 38.0 Å². The van der Waals surface area contributed by atoms with E-state index in [2.05, 4.69) is 10.3 Å². The van der Waals surface area contributed by atoms with E-state index in [9.17, 15) is 9.59 Å². The smallest absolute Gasteiger partial charge is 0.338 e. The van der Waals surface area contributed by atoms with Gasteiger partial charge in [0.05, 0.1) is 22.4 Å². The lowest BCUT2D eigenvalue weighted by Crippen LogP contribution is -2.26. The Bertz CT molecular complexity index is 707. The molecule has 1 fully saturated rings. The van der Waals surface area contributed by atoms with Gasteiger partial charge in [0.15, 0.2) is 5.13 Å². The average Bonchev–Trinajstić information content (AvgIpc) is 3.15. The van der Waals surface area contributed by atoms with Crippen LogP contribution in [0.5, 0.6) is 0 Å². The van der Waals surface area contributed by atoms with Crippen molar-refractivity contribution in [1.29, 1.82) is 0 Å². The zero-order valence-electron chi connectivity index (χ0n) is 12.1. The van der Waals surface area contributed by atoms with Crippen molar-refractivity contribution in [1.82, 2.24) is 4.98 Å². The van der Waals surface area contributed by atoms with E-state index in [0.717, 1.165) is 23.1 Å². The predicted molar refractivity (Wildman–Crippen MR) is 83.2 cm³/mol. The Labute approximate surface area is 131 Å². The van der Waals surface area contributed by atoms with Crippen molar-refractivity contribution in [2.24, 2.45) is 0 Å². The molecule has 1 saturated heterocycles. The maximum Gasteiger partial charge on any atom is 0.338 e. The molecule has 6 nitrogen and oxygen atoms in total. The quantitative estimate of drug-likeness (QED) is 0.876. The van der Waals surface area contributed by atoms with E-state index in [1.54, 1.807) is 25.1 Å². The molecule has 7 heteroatoms. The number of hydrogen-bond donors (Lipinski definition) is 1. The van der Waals surface area contributed by atoms with Crippen molar-refractivity contribution < 1.29 is 19.1 Å². The Morgan fingerprint density at radius 1 is 1.50 bits per heavy atom. The Morgan fingerprint density at radius 3 is 3.09 bits per heavy atom. The van der Waals surface area contributed by atoms with Crippen LogP contribution < -0.4 is 5.32 Å². The number of nitrogens with zero attached hydrogens (tertiary/aromatic N) is 1. The number of rotatable bonds is 4. The first-order valence-electron chi connectivity index (χ1n) is 7.17. The van der Waals surface area contributed by atoms with Gasteiger partial charge in [-0.25, -0.2) is 9.78 Å². The molecule has 2 aromatic rings. The standard InChI is InChI=1S/C15H16N2O4S/c1-2-20-14(19)9-5-6-10-12(8-9)22-15(16-10)17-13(18)11-4-3-7-21-11/h5-6,8,11H,2-4,7H2,1H3,(H,16,17,18)/t11-/m0/s1. The summed E-state index contributed by atoms with van der Waals surface area (Å²) in [6, 6.07) is 5.15. The number of anilines is 1. The van der Waals surface area contributed by atoms with Crippen molar-refractivity contribution in [2.45, 2.75) is 25.9 Å². The summed E-state index contributed by atoms with van der Waals surface area (Å²) in [6.45, 7) is 2.73. The molecule has 116 valence electrons. The molecule has 1 atom stereocenters. The fraction of sp³-hybridized carbons (Fsp3) is 0.400. The van der Waals surface area contributed by atoms with Crippen LogP contribution in [0.1, 0.15) is 30.1 Å². The van der Waals surface area contributed by atoms with Crippen molar-refractivity contribution in [3.05, 3.63) is 23.8 Å². The molecular formula is C15H16N2O4S. The Morgan fingerprint density at radius 2 is 2.36 bits per heavy atom. The third kappa shape index (κ3) is 3.10. The van der Waals surface area contributed by atoms with Crippen LogP contribution in [0.15, 0.2) is 18.2 Å². The van der Waals surface area contributed by atoms with Crippen LogP contribution in [0.25, 0.3) is 10.2 Å². The number of esters is 1. The van der Waals surface area contributed by atoms with Crippen molar-refractivity contribution in [3.63, 3.8) is 0 Å². The predicted octanol–water partition coefficient (Wildman–Crippen LogP) is 2.59. The van der Waals surface area contributed by atoms with Gasteiger partial charge >= 0.3 is 5.97 Å². The molecule has 0 saturated carbocycles. The lowest BCUT2D eigenvalue weighted by atomic mass is 10.2. The molecular weight excluding hydrogens is 304 g/mol. The van der Waals surface area contributed by atoms with E-state index < -0.39 is 0 Å². The highest BCUT2D eigenvalue weighted by Crippen LogP contribution is 2.27. The molecule has 1 aliphatic heterocycles. The lowest BCUT2D eigenvalue weighted by Gasteiger charge is -2.07. The molecule has 1 aromatic heterocycles. The molecule has 0 unspecified atom stereocenters. The van der Waals surface area contributed by atoms with Gasteiger partial charge in [-0.3, -0.25) is 10.1 Å². The van der Waals surface area contributed by atoms with Crippen molar-refractivity contribution in [3.8, 4) is 0 Å². The summed E-state index contributed by atoms with van der Waals surface area (Å²) in [5.74, 6) is -0.523. The first-order valence-corrected chi connectivity index (χ1v) is 7.99. The number of thiazole rings is 1. The van der Waals surface area contributed by atoms with E-state index in [0.29, 0.717) is 23.9 Å². The zero-order valence-corrected chi connectivity index (χ0v) is 12.9. The summed E-state index contributed by atoms with van der Waals surface area (Å²) in [4.78, 5) is 28.1. The van der Waals surface area contributed by atoms with Gasteiger partial charge in [0, 0.05) is 6.61 Å². The van der Waals surface area contributed by atoms with Crippen LogP contribution in [-0.2, 0) is 14.3 Å². The van der Waals surface area contributed by atoms with Gasteiger partial charge in [-0.15, -0.1) is 0 Å². The molecule has 1 N–H and O–H groups in total. The van der Waals surface area contributed by atoms with Gasteiger partial charge in [0.25, 0.3) is 5.91 Å².